The van der Waals surface area contributed by atoms with Gasteiger partial charge >= 0.3 is 0 Å². The Bertz CT molecular complexity index is 196. The third kappa shape index (κ3) is 2.68. The number of hydrogen-bond donors (Lipinski definition) is 2. The van der Waals surface area contributed by atoms with Gasteiger partial charge in [-0.05, 0) is 31.5 Å². The Morgan fingerprint density at radius 2 is 2.25 bits per heavy atom. The molecule has 0 unspecified atom stereocenters. The smallest absolute Gasteiger partial charge is 0.120 e. The Kier molecular flexibility index (Phi) is 3.84. The van der Waals surface area contributed by atoms with Gasteiger partial charge < -0.3 is 15.9 Å². The highest BCUT2D eigenvalue weighted by Gasteiger charge is 2.06. The lowest BCUT2D eigenvalue weighted by molar-refractivity contribution is 0.443. The van der Waals surface area contributed by atoms with Crippen molar-refractivity contribution in [2.75, 3.05) is 6.54 Å². The van der Waals surface area contributed by atoms with E-state index in [1.165, 1.54) is 0 Å². The van der Waals surface area contributed by atoms with Gasteiger partial charge in [-0.3, -0.25) is 0 Å². The van der Waals surface area contributed by atoms with Gasteiger partial charge in [-0.25, -0.2) is 0 Å². The summed E-state index contributed by atoms with van der Waals surface area (Å²) < 4.78 is 5.17. The van der Waals surface area contributed by atoms with Crippen LogP contribution in [0.4, 0.5) is 0 Å². The van der Waals surface area contributed by atoms with Crippen LogP contribution < -0.4 is 11.5 Å². The third-order valence-electron chi connectivity index (χ3n) is 1.88. The van der Waals surface area contributed by atoms with Gasteiger partial charge in [0.05, 0.1) is 12.3 Å². The van der Waals surface area contributed by atoms with Crippen LogP contribution in [0.5, 0.6) is 0 Å². The van der Waals surface area contributed by atoms with Gasteiger partial charge in [0, 0.05) is 0 Å². The lowest BCUT2D eigenvalue weighted by Gasteiger charge is -2.06. The van der Waals surface area contributed by atoms with Crippen molar-refractivity contribution >= 4 is 0 Å². The van der Waals surface area contributed by atoms with Crippen LogP contribution >= 0.6 is 0 Å². The summed E-state index contributed by atoms with van der Waals surface area (Å²) in [5, 5.41) is 0. The fraction of sp³-hybridized carbons (Fsp3) is 0.556. The number of nitrogens with two attached hydrogens (primary N) is 2. The largest absolute Gasteiger partial charge is 0.468 e. The molecule has 1 aromatic rings. The van der Waals surface area contributed by atoms with Gasteiger partial charge in [-0.2, -0.15) is 0 Å². The average molecular weight is 168 g/mol. The summed E-state index contributed by atoms with van der Waals surface area (Å²) >= 11 is 0. The molecule has 0 fully saturated rings. The van der Waals surface area contributed by atoms with Crippen LogP contribution in [0, 0.1) is 0 Å². The van der Waals surface area contributed by atoms with Gasteiger partial charge in [0.1, 0.15) is 5.76 Å². The second-order valence-corrected chi connectivity index (χ2v) is 2.91. The van der Waals surface area contributed by atoms with E-state index in [1.54, 1.807) is 6.26 Å². The Hall–Kier alpha value is -0.800. The van der Waals surface area contributed by atoms with E-state index < -0.39 is 0 Å². The molecule has 1 aromatic heterocycles. The van der Waals surface area contributed by atoms with E-state index in [4.69, 9.17) is 15.9 Å². The maximum Gasteiger partial charge on any atom is 0.120 e. The molecule has 12 heavy (non-hydrogen) atoms. The van der Waals surface area contributed by atoms with Gasteiger partial charge in [0.15, 0.2) is 0 Å². The van der Waals surface area contributed by atoms with Gasteiger partial charge in [0.25, 0.3) is 0 Å². The van der Waals surface area contributed by atoms with Crippen LogP contribution in [0.25, 0.3) is 0 Å². The normalized spacial score (nSPS) is 13.2. The monoisotopic (exact) mass is 168 g/mol. The summed E-state index contributed by atoms with van der Waals surface area (Å²) in [7, 11) is 0. The highest BCUT2D eigenvalue weighted by molar-refractivity contribution is 5.02. The minimum Gasteiger partial charge on any atom is -0.468 e. The van der Waals surface area contributed by atoms with Gasteiger partial charge in [-0.1, -0.05) is 6.42 Å². The van der Waals surface area contributed by atoms with E-state index in [0.717, 1.165) is 31.6 Å². The van der Waals surface area contributed by atoms with Crippen molar-refractivity contribution in [2.24, 2.45) is 11.5 Å². The lowest BCUT2D eigenvalue weighted by Crippen LogP contribution is -2.10. The first-order valence-corrected chi connectivity index (χ1v) is 4.33. The first-order chi connectivity index (χ1) is 5.84. The van der Waals surface area contributed by atoms with Crippen LogP contribution in [0.3, 0.4) is 0 Å². The third-order valence-corrected chi connectivity index (χ3v) is 1.88. The van der Waals surface area contributed by atoms with Crippen LogP contribution in [0.1, 0.15) is 31.1 Å². The van der Waals surface area contributed by atoms with E-state index in [2.05, 4.69) is 0 Å². The summed E-state index contributed by atoms with van der Waals surface area (Å²) in [6, 6.07) is 3.80. The fourth-order valence-corrected chi connectivity index (χ4v) is 1.15. The number of unbranched alkanes of at least 4 members (excludes halogenated alkanes) is 1. The zero-order chi connectivity index (χ0) is 8.81. The highest BCUT2D eigenvalue weighted by Crippen LogP contribution is 2.16. The van der Waals surface area contributed by atoms with Gasteiger partial charge in [0.2, 0.25) is 0 Å². The molecule has 68 valence electrons. The molecule has 0 saturated carbocycles. The average Bonchev–Trinajstić information content (AvgIpc) is 2.56. The maximum atomic E-state index is 5.85. The molecule has 0 radical (unpaired) electrons. The predicted octanol–water partition coefficient (Wildman–Crippen LogP) is 1.41. The molecule has 3 nitrogen and oxygen atoms in total. The standard InChI is InChI=1S/C9H16N2O/c10-6-2-1-4-8(11)9-5-3-7-12-9/h3,5,7-8H,1-2,4,6,10-11H2/t8-/m1/s1. The van der Waals surface area contributed by atoms with Crippen molar-refractivity contribution < 1.29 is 4.42 Å². The van der Waals surface area contributed by atoms with Crippen molar-refractivity contribution in [1.29, 1.82) is 0 Å². The summed E-state index contributed by atoms with van der Waals surface area (Å²) in [6.07, 6.45) is 4.70. The summed E-state index contributed by atoms with van der Waals surface area (Å²) in [5.74, 6) is 0.868. The summed E-state index contributed by atoms with van der Waals surface area (Å²) in [4.78, 5) is 0. The number of rotatable bonds is 5. The van der Waals surface area contributed by atoms with Crippen molar-refractivity contribution in [1.82, 2.24) is 0 Å². The SMILES string of the molecule is NCCCC[C@@H](N)c1ccco1. The van der Waals surface area contributed by atoms with Crippen LogP contribution in [-0.2, 0) is 0 Å². The molecule has 0 spiro atoms. The van der Waals surface area contributed by atoms with Crippen LogP contribution in [0.2, 0.25) is 0 Å². The number of furan rings is 1. The predicted molar refractivity (Wildman–Crippen MR) is 48.5 cm³/mol. The molecule has 1 rings (SSSR count). The van der Waals surface area contributed by atoms with E-state index in [1.807, 2.05) is 12.1 Å². The first kappa shape index (κ1) is 9.29. The Morgan fingerprint density at radius 1 is 1.42 bits per heavy atom. The molecule has 1 heterocycles. The Morgan fingerprint density at radius 3 is 2.83 bits per heavy atom. The molecule has 0 aliphatic heterocycles. The minimum atomic E-state index is 0.0338. The molecule has 0 aromatic carbocycles. The lowest BCUT2D eigenvalue weighted by atomic mass is 10.1. The van der Waals surface area contributed by atoms with Crippen molar-refractivity contribution in [2.45, 2.75) is 25.3 Å². The molecule has 0 bridgehead atoms. The second kappa shape index (κ2) is 4.95. The number of hydrogen-bond acceptors (Lipinski definition) is 3. The molecule has 0 saturated heterocycles. The van der Waals surface area contributed by atoms with Crippen LogP contribution in [-0.4, -0.2) is 6.54 Å². The second-order valence-electron chi connectivity index (χ2n) is 2.91. The Labute approximate surface area is 72.7 Å². The zero-order valence-electron chi connectivity index (χ0n) is 7.20. The highest BCUT2D eigenvalue weighted by atomic mass is 16.3. The quantitative estimate of drug-likeness (QED) is 0.653. The molecule has 3 heteroatoms. The van der Waals surface area contributed by atoms with Crippen molar-refractivity contribution in [3.05, 3.63) is 24.2 Å². The molecule has 1 atom stereocenters. The van der Waals surface area contributed by atoms with E-state index in [-0.39, 0.29) is 6.04 Å². The van der Waals surface area contributed by atoms with Crippen molar-refractivity contribution in [3.8, 4) is 0 Å². The topological polar surface area (TPSA) is 65.2 Å². The van der Waals surface area contributed by atoms with E-state index >= 15 is 0 Å². The first-order valence-electron chi connectivity index (χ1n) is 4.33. The molecule has 4 N–H and O–H groups in total. The Balaban J connectivity index is 2.25. The molecule has 0 aliphatic carbocycles. The summed E-state index contributed by atoms with van der Waals surface area (Å²) in [5.41, 5.74) is 11.2. The van der Waals surface area contributed by atoms with Crippen LogP contribution in [0.15, 0.2) is 22.8 Å². The molecule has 0 aliphatic rings. The van der Waals surface area contributed by atoms with E-state index in [9.17, 15) is 0 Å². The zero-order valence-corrected chi connectivity index (χ0v) is 7.20. The van der Waals surface area contributed by atoms with Crippen molar-refractivity contribution in [3.63, 3.8) is 0 Å². The van der Waals surface area contributed by atoms with E-state index in [0.29, 0.717) is 0 Å². The molecular formula is C9H16N2O. The fourth-order valence-electron chi connectivity index (χ4n) is 1.15. The molecular weight excluding hydrogens is 152 g/mol. The maximum absolute atomic E-state index is 5.85. The van der Waals surface area contributed by atoms with Gasteiger partial charge in [-0.15, -0.1) is 0 Å². The minimum absolute atomic E-state index is 0.0338. The summed E-state index contributed by atoms with van der Waals surface area (Å²) in [6.45, 7) is 0.741. The molecule has 0 amide bonds.